The van der Waals surface area contributed by atoms with E-state index in [2.05, 4.69) is 32.9 Å². The number of benzene rings is 1. The lowest BCUT2D eigenvalue weighted by atomic mass is 10.2. The van der Waals surface area contributed by atoms with Crippen molar-refractivity contribution in [1.82, 2.24) is 15.2 Å². The van der Waals surface area contributed by atoms with E-state index in [9.17, 15) is 9.59 Å². The van der Waals surface area contributed by atoms with E-state index in [0.29, 0.717) is 23.9 Å². The molecule has 1 fully saturated rings. The Hall–Kier alpha value is -1.90. The van der Waals surface area contributed by atoms with Gasteiger partial charge in [0.25, 0.3) is 5.91 Å². The normalized spacial score (nSPS) is 13.6. The lowest BCUT2D eigenvalue weighted by Crippen LogP contribution is -2.38. The van der Waals surface area contributed by atoms with Crippen LogP contribution in [0.5, 0.6) is 0 Å². The Morgan fingerprint density at radius 2 is 2.12 bits per heavy atom. The summed E-state index contributed by atoms with van der Waals surface area (Å²) in [5.41, 5.74) is 0.565. The number of likely N-dealkylation sites (N-methyl/N-ethyl adjacent to an activating group) is 1. The molecule has 2 amide bonds. The van der Waals surface area contributed by atoms with Gasteiger partial charge in [-0.3, -0.25) is 9.59 Å². The van der Waals surface area contributed by atoms with E-state index in [-0.39, 0.29) is 18.4 Å². The van der Waals surface area contributed by atoms with Gasteiger partial charge in [-0.2, -0.15) is 0 Å². The maximum atomic E-state index is 12.2. The number of carbonyl (C=O) groups is 2. The Morgan fingerprint density at radius 3 is 2.83 bits per heavy atom. The number of hydrogen-bond acceptors (Lipinski definition) is 4. The Labute approximate surface area is 153 Å². The molecule has 1 aromatic heterocycles. The van der Waals surface area contributed by atoms with Gasteiger partial charge in [-0.1, -0.05) is 12.1 Å². The van der Waals surface area contributed by atoms with Crippen molar-refractivity contribution in [3.63, 3.8) is 0 Å². The van der Waals surface area contributed by atoms with E-state index in [4.69, 9.17) is 4.42 Å². The first kappa shape index (κ1) is 16.9. The molecule has 1 heterocycles. The van der Waals surface area contributed by atoms with Gasteiger partial charge in [0.2, 0.25) is 11.8 Å². The quantitative estimate of drug-likeness (QED) is 0.703. The molecule has 1 aromatic carbocycles. The van der Waals surface area contributed by atoms with Crippen molar-refractivity contribution in [3.05, 3.63) is 51.2 Å². The van der Waals surface area contributed by atoms with Crippen LogP contribution in [0.4, 0.5) is 0 Å². The van der Waals surface area contributed by atoms with Crippen molar-refractivity contribution in [3.8, 4) is 0 Å². The second-order valence-electron chi connectivity index (χ2n) is 5.84. The van der Waals surface area contributed by atoms with Gasteiger partial charge in [-0.15, -0.1) is 0 Å². The van der Waals surface area contributed by atoms with Gasteiger partial charge in [0.05, 0.1) is 24.8 Å². The van der Waals surface area contributed by atoms with E-state index in [1.807, 2.05) is 12.1 Å². The van der Waals surface area contributed by atoms with Crippen LogP contribution in [-0.4, -0.2) is 35.3 Å². The zero-order chi connectivity index (χ0) is 17.1. The molecule has 0 radical (unpaired) electrons. The van der Waals surface area contributed by atoms with Crippen molar-refractivity contribution >= 4 is 34.4 Å². The van der Waals surface area contributed by atoms with Gasteiger partial charge in [0, 0.05) is 16.5 Å². The third kappa shape index (κ3) is 4.14. The highest BCUT2D eigenvalue weighted by atomic mass is 127. The maximum absolute atomic E-state index is 12.2. The van der Waals surface area contributed by atoms with Crippen molar-refractivity contribution in [2.24, 2.45) is 0 Å². The number of carbonyl (C=O) groups excluding carboxylic acids is 2. The Morgan fingerprint density at radius 1 is 1.38 bits per heavy atom. The molecule has 6 nitrogen and oxygen atoms in total. The standard InChI is InChI=1S/C17H18IN3O3/c1-21(10-15-19-8-14(24-15)11-6-7-11)16(22)9-20-17(23)12-4-2-3-5-13(12)18/h2-5,8,11H,6-7,9-10H2,1H3,(H,20,23). The average Bonchev–Trinajstić information content (AvgIpc) is 3.32. The highest BCUT2D eigenvalue weighted by Crippen LogP contribution is 2.40. The summed E-state index contributed by atoms with van der Waals surface area (Å²) in [5, 5.41) is 2.65. The number of nitrogens with zero attached hydrogens (tertiary/aromatic N) is 2. The van der Waals surface area contributed by atoms with Crippen LogP contribution in [0.1, 0.15) is 40.8 Å². The number of rotatable bonds is 6. The van der Waals surface area contributed by atoms with Gasteiger partial charge in [-0.25, -0.2) is 4.98 Å². The molecule has 0 aliphatic heterocycles. The van der Waals surface area contributed by atoms with Crippen LogP contribution in [0.25, 0.3) is 0 Å². The Balaban J connectivity index is 1.50. The predicted octanol–water partition coefficient (Wildman–Crippen LogP) is 2.55. The molecule has 126 valence electrons. The van der Waals surface area contributed by atoms with E-state index in [0.717, 1.165) is 22.2 Å². The summed E-state index contributed by atoms with van der Waals surface area (Å²) in [6.45, 7) is 0.237. The third-order valence-corrected chi connectivity index (χ3v) is 4.81. The summed E-state index contributed by atoms with van der Waals surface area (Å²) in [4.78, 5) is 30.0. The number of hydrogen-bond donors (Lipinski definition) is 1. The smallest absolute Gasteiger partial charge is 0.252 e. The predicted molar refractivity (Wildman–Crippen MR) is 96.4 cm³/mol. The second-order valence-corrected chi connectivity index (χ2v) is 7.01. The fourth-order valence-electron chi connectivity index (χ4n) is 2.28. The molecule has 1 aliphatic rings. The molecule has 2 aromatic rings. The lowest BCUT2D eigenvalue weighted by molar-refractivity contribution is -0.129. The Bertz CT molecular complexity index is 755. The SMILES string of the molecule is CN(Cc1ncc(C2CC2)o1)C(=O)CNC(=O)c1ccccc1I. The molecule has 0 atom stereocenters. The lowest BCUT2D eigenvalue weighted by Gasteiger charge is -2.15. The minimum absolute atomic E-state index is 0.0590. The van der Waals surface area contributed by atoms with Crippen LogP contribution in [-0.2, 0) is 11.3 Å². The second kappa shape index (κ2) is 7.33. The van der Waals surface area contributed by atoms with Crippen LogP contribution >= 0.6 is 22.6 Å². The van der Waals surface area contributed by atoms with Gasteiger partial charge >= 0.3 is 0 Å². The molecule has 3 rings (SSSR count). The largest absolute Gasteiger partial charge is 0.443 e. The van der Waals surface area contributed by atoms with Crippen LogP contribution in [0.2, 0.25) is 0 Å². The molecule has 1 N–H and O–H groups in total. The summed E-state index contributed by atoms with van der Waals surface area (Å²) in [5.74, 6) is 1.48. The number of amides is 2. The van der Waals surface area contributed by atoms with Crippen molar-refractivity contribution in [1.29, 1.82) is 0 Å². The summed E-state index contributed by atoms with van der Waals surface area (Å²) < 4.78 is 6.49. The zero-order valence-corrected chi connectivity index (χ0v) is 15.4. The average molecular weight is 439 g/mol. The first-order valence-electron chi connectivity index (χ1n) is 7.76. The summed E-state index contributed by atoms with van der Waals surface area (Å²) >= 11 is 2.10. The van der Waals surface area contributed by atoms with Gasteiger partial charge in [0.15, 0.2) is 0 Å². The molecular formula is C17H18IN3O3. The molecule has 0 unspecified atom stereocenters. The molecule has 0 saturated heterocycles. The minimum Gasteiger partial charge on any atom is -0.443 e. The van der Waals surface area contributed by atoms with E-state index < -0.39 is 0 Å². The zero-order valence-electron chi connectivity index (χ0n) is 13.3. The monoisotopic (exact) mass is 439 g/mol. The fourth-order valence-corrected chi connectivity index (χ4v) is 2.91. The maximum Gasteiger partial charge on any atom is 0.252 e. The van der Waals surface area contributed by atoms with Crippen LogP contribution in [0, 0.1) is 3.57 Å². The van der Waals surface area contributed by atoms with E-state index >= 15 is 0 Å². The number of nitrogens with one attached hydrogen (secondary N) is 1. The molecule has 1 aliphatic carbocycles. The van der Waals surface area contributed by atoms with Crippen LogP contribution in [0.15, 0.2) is 34.9 Å². The van der Waals surface area contributed by atoms with E-state index in [1.54, 1.807) is 25.4 Å². The molecule has 0 bridgehead atoms. The van der Waals surface area contributed by atoms with Crippen molar-refractivity contribution in [2.75, 3.05) is 13.6 Å². The third-order valence-electron chi connectivity index (χ3n) is 3.87. The van der Waals surface area contributed by atoms with Gasteiger partial charge in [-0.05, 0) is 47.6 Å². The number of oxazole rings is 1. The van der Waals surface area contributed by atoms with Crippen molar-refractivity contribution < 1.29 is 14.0 Å². The number of aromatic nitrogens is 1. The first-order chi connectivity index (χ1) is 11.5. The molecule has 0 spiro atoms. The molecule has 7 heteroatoms. The van der Waals surface area contributed by atoms with Crippen LogP contribution < -0.4 is 5.32 Å². The van der Waals surface area contributed by atoms with Gasteiger partial charge < -0.3 is 14.6 Å². The summed E-state index contributed by atoms with van der Waals surface area (Å²) in [7, 11) is 1.67. The van der Waals surface area contributed by atoms with Gasteiger partial charge in [0.1, 0.15) is 5.76 Å². The summed E-state index contributed by atoms with van der Waals surface area (Å²) in [6.07, 6.45) is 4.03. The molecule has 24 heavy (non-hydrogen) atoms. The van der Waals surface area contributed by atoms with E-state index in [1.165, 1.54) is 4.90 Å². The minimum atomic E-state index is -0.256. The molecular weight excluding hydrogens is 421 g/mol. The number of halogens is 1. The molecule has 1 saturated carbocycles. The highest BCUT2D eigenvalue weighted by Gasteiger charge is 2.27. The first-order valence-corrected chi connectivity index (χ1v) is 8.83. The fraction of sp³-hybridized carbons (Fsp3) is 0.353. The topological polar surface area (TPSA) is 75.4 Å². The van der Waals surface area contributed by atoms with Crippen molar-refractivity contribution in [2.45, 2.75) is 25.3 Å². The summed E-state index contributed by atoms with van der Waals surface area (Å²) in [6, 6.07) is 7.25. The Kier molecular flexibility index (Phi) is 5.17. The van der Waals surface area contributed by atoms with Crippen LogP contribution in [0.3, 0.4) is 0 Å². The highest BCUT2D eigenvalue weighted by molar-refractivity contribution is 14.1.